The van der Waals surface area contributed by atoms with E-state index >= 15 is 0 Å². The normalized spacial score (nSPS) is 11.5. The van der Waals surface area contributed by atoms with Gasteiger partial charge in [-0.15, -0.1) is 48.0 Å². The summed E-state index contributed by atoms with van der Waals surface area (Å²) in [6.07, 6.45) is 1.79. The van der Waals surface area contributed by atoms with E-state index in [-0.39, 0.29) is 20.1 Å². The molecule has 1 radical (unpaired) electrons. The molecular formula is C54H42IrN4S-2. The smallest absolute Gasteiger partial charge is 0.0774 e. The summed E-state index contributed by atoms with van der Waals surface area (Å²) in [5.41, 5.74) is 12.6. The number of fused-ring (bicyclic) bond motifs is 7. The number of thiophene rings is 1. The van der Waals surface area contributed by atoms with Crippen molar-refractivity contribution in [1.82, 2.24) is 19.1 Å². The van der Waals surface area contributed by atoms with Gasteiger partial charge in [0.05, 0.1) is 16.9 Å². The molecule has 0 aliphatic heterocycles. The minimum atomic E-state index is 0. The van der Waals surface area contributed by atoms with Crippen LogP contribution in [0, 0.1) is 12.1 Å². The van der Waals surface area contributed by atoms with E-state index in [1.807, 2.05) is 53.8 Å². The molecule has 0 amide bonds. The predicted octanol–water partition coefficient (Wildman–Crippen LogP) is 14.8. The van der Waals surface area contributed by atoms with Crippen LogP contribution in [0.25, 0.3) is 87.0 Å². The number of imidazole rings is 1. The molecule has 0 saturated carbocycles. The first-order chi connectivity index (χ1) is 29.0. The van der Waals surface area contributed by atoms with Gasteiger partial charge in [0.25, 0.3) is 0 Å². The molecule has 60 heavy (non-hydrogen) atoms. The first-order valence-corrected chi connectivity index (χ1v) is 21.1. The molecule has 4 heterocycles. The van der Waals surface area contributed by atoms with E-state index in [4.69, 9.17) is 4.98 Å². The number of pyridine rings is 1. The molecule has 295 valence electrons. The third kappa shape index (κ3) is 6.75. The van der Waals surface area contributed by atoms with Crippen LogP contribution in [-0.4, -0.2) is 19.1 Å². The fourth-order valence-electron chi connectivity index (χ4n) is 8.54. The van der Waals surface area contributed by atoms with Crippen LogP contribution in [-0.2, 0) is 20.1 Å². The van der Waals surface area contributed by atoms with Crippen molar-refractivity contribution in [2.24, 2.45) is 0 Å². The Balaban J connectivity index is 0.000000306. The zero-order valence-corrected chi connectivity index (χ0v) is 37.1. The third-order valence-electron chi connectivity index (χ3n) is 11.3. The monoisotopic (exact) mass is 971 g/mol. The molecule has 11 rings (SSSR count). The molecule has 0 aliphatic rings. The number of rotatable bonds is 6. The van der Waals surface area contributed by atoms with Crippen LogP contribution in [0.1, 0.15) is 50.7 Å². The van der Waals surface area contributed by atoms with Gasteiger partial charge in [0, 0.05) is 58.5 Å². The molecule has 7 aromatic carbocycles. The van der Waals surface area contributed by atoms with Crippen molar-refractivity contribution >= 4 is 64.3 Å². The van der Waals surface area contributed by atoms with Crippen LogP contribution < -0.4 is 0 Å². The molecule has 0 unspecified atom stereocenters. The standard InChI is InChI=1S/C43H34N3S.C11H8N.Ir/c1-26(2)28-17-13-18-29(27(3)4)41(28)46-37-22-11-8-19-34(37)44-43(46)33-24-25-38(42-40(33)32-16-7-12-23-39(32)47-42)45-35-20-9-5-14-30(35)31-15-6-10-21-36(31)45;1-2-6-10(7-3-1)11-8-4-5-9-12-11;/h5-23,25-27H,1-4H3;1-6,8-9H;/q2*-1;. The Bertz CT molecular complexity index is 3170. The third-order valence-corrected chi connectivity index (χ3v) is 12.4. The molecule has 0 bridgehead atoms. The summed E-state index contributed by atoms with van der Waals surface area (Å²) >= 11 is 1.86. The Morgan fingerprint density at radius 3 is 1.83 bits per heavy atom. The van der Waals surface area contributed by atoms with Crippen LogP contribution in [0.3, 0.4) is 0 Å². The summed E-state index contributed by atoms with van der Waals surface area (Å²) in [4.78, 5) is 9.64. The molecule has 6 heteroatoms. The van der Waals surface area contributed by atoms with Gasteiger partial charge in [-0.25, -0.2) is 0 Å². The Kier molecular flexibility index (Phi) is 10.8. The number of aromatic nitrogens is 4. The summed E-state index contributed by atoms with van der Waals surface area (Å²) in [7, 11) is 0. The van der Waals surface area contributed by atoms with Crippen LogP contribution in [0.15, 0.2) is 170 Å². The van der Waals surface area contributed by atoms with Gasteiger partial charge in [0.1, 0.15) is 0 Å². The quantitative estimate of drug-likeness (QED) is 0.156. The van der Waals surface area contributed by atoms with E-state index in [1.54, 1.807) is 6.20 Å². The topological polar surface area (TPSA) is 35.6 Å². The molecule has 0 N–H and O–H groups in total. The minimum absolute atomic E-state index is 0. The van der Waals surface area contributed by atoms with E-state index in [2.05, 4.69) is 175 Å². The Labute approximate surface area is 368 Å². The molecule has 4 aromatic heterocycles. The zero-order chi connectivity index (χ0) is 40.0. The largest absolute Gasteiger partial charge is 0.349 e. The van der Waals surface area contributed by atoms with E-state index in [9.17, 15) is 0 Å². The van der Waals surface area contributed by atoms with Gasteiger partial charge >= 0.3 is 0 Å². The molecule has 0 atom stereocenters. The fraction of sp³-hybridized carbons (Fsp3) is 0.111. The summed E-state index contributed by atoms with van der Waals surface area (Å²) in [6.45, 7) is 9.16. The van der Waals surface area contributed by atoms with Gasteiger partial charge in [0.15, 0.2) is 0 Å². The van der Waals surface area contributed by atoms with Gasteiger partial charge in [0.2, 0.25) is 0 Å². The predicted molar refractivity (Wildman–Crippen MR) is 249 cm³/mol. The SMILES string of the molecule is CC(C)c1cccc(C(C)C)c1-n1c(-c2[c-]cc(-n3c4ccccc4c4ccccc43)c3sc4ccccc4c23)nc2ccccc21.[Ir].[c-]1ccccc1-c1ccccn1. The second kappa shape index (κ2) is 16.5. The number of benzene rings is 7. The van der Waals surface area contributed by atoms with Crippen LogP contribution in [0.2, 0.25) is 0 Å². The van der Waals surface area contributed by atoms with Crippen molar-refractivity contribution in [2.75, 3.05) is 0 Å². The number of hydrogen-bond donors (Lipinski definition) is 0. The van der Waals surface area contributed by atoms with Gasteiger partial charge in [-0.2, -0.15) is 11.3 Å². The average molecular weight is 971 g/mol. The second-order valence-corrected chi connectivity index (χ2v) is 16.6. The Morgan fingerprint density at radius 2 is 1.18 bits per heavy atom. The maximum absolute atomic E-state index is 5.42. The van der Waals surface area contributed by atoms with E-state index < -0.39 is 0 Å². The fourth-order valence-corrected chi connectivity index (χ4v) is 9.76. The van der Waals surface area contributed by atoms with Crippen molar-refractivity contribution < 1.29 is 20.1 Å². The van der Waals surface area contributed by atoms with E-state index in [1.165, 1.54) is 58.8 Å². The maximum atomic E-state index is 5.42. The van der Waals surface area contributed by atoms with Crippen LogP contribution >= 0.6 is 11.3 Å². The van der Waals surface area contributed by atoms with Gasteiger partial charge in [-0.3, -0.25) is 4.98 Å². The summed E-state index contributed by atoms with van der Waals surface area (Å²) in [5, 5.41) is 4.96. The maximum Gasteiger partial charge on any atom is 0.0774 e. The molecular weight excluding hydrogens is 929 g/mol. The summed E-state index contributed by atoms with van der Waals surface area (Å²) in [5.74, 6) is 1.63. The van der Waals surface area contributed by atoms with Crippen molar-refractivity contribution in [3.63, 3.8) is 0 Å². The average Bonchev–Trinajstić information content (AvgIpc) is 3.97. The first-order valence-electron chi connectivity index (χ1n) is 20.3. The van der Waals surface area contributed by atoms with Gasteiger partial charge in [-0.1, -0.05) is 136 Å². The van der Waals surface area contributed by atoms with Gasteiger partial charge in [-0.05, 0) is 80.8 Å². The minimum Gasteiger partial charge on any atom is -0.349 e. The van der Waals surface area contributed by atoms with Crippen molar-refractivity contribution in [2.45, 2.75) is 39.5 Å². The van der Waals surface area contributed by atoms with E-state index in [0.29, 0.717) is 11.8 Å². The first kappa shape index (κ1) is 39.3. The Morgan fingerprint density at radius 1 is 0.567 bits per heavy atom. The molecule has 0 spiro atoms. The Hall–Kier alpha value is -6.17. The van der Waals surface area contributed by atoms with Crippen molar-refractivity contribution in [3.8, 4) is 34.0 Å². The molecule has 0 saturated heterocycles. The van der Waals surface area contributed by atoms with Crippen LogP contribution in [0.4, 0.5) is 0 Å². The molecule has 4 nitrogen and oxygen atoms in total. The van der Waals surface area contributed by atoms with Gasteiger partial charge < -0.3 is 14.1 Å². The molecule has 0 aliphatic carbocycles. The van der Waals surface area contributed by atoms with Crippen LogP contribution in [0.5, 0.6) is 0 Å². The number of nitrogens with zero attached hydrogens (tertiary/aromatic N) is 4. The second-order valence-electron chi connectivity index (χ2n) is 15.6. The van der Waals surface area contributed by atoms with Crippen molar-refractivity contribution in [1.29, 1.82) is 0 Å². The molecule has 11 aromatic rings. The van der Waals surface area contributed by atoms with E-state index in [0.717, 1.165) is 39.4 Å². The number of hydrogen-bond acceptors (Lipinski definition) is 3. The summed E-state index contributed by atoms with van der Waals surface area (Å²) in [6, 6.07) is 64.5. The van der Waals surface area contributed by atoms with Crippen molar-refractivity contribution in [3.05, 3.63) is 193 Å². The number of para-hydroxylation sites is 5. The summed E-state index contributed by atoms with van der Waals surface area (Å²) < 4.78 is 7.36. The zero-order valence-electron chi connectivity index (χ0n) is 33.9. The molecule has 0 fully saturated rings.